The molecule has 1 saturated carbocycles. The van der Waals surface area contributed by atoms with Crippen LogP contribution in [0.15, 0.2) is 23.7 Å². The number of rotatable bonds is 5. The Hall–Kier alpha value is -2.05. The highest BCUT2D eigenvalue weighted by atomic mass is 16.2. The Morgan fingerprint density at radius 1 is 1.29 bits per heavy atom. The summed E-state index contributed by atoms with van der Waals surface area (Å²) in [5, 5.41) is 6.35. The number of piperidine rings is 1. The number of guanidine groups is 1. The number of likely N-dealkylation sites (tertiary alicyclic amines) is 1. The SMILES string of the molecule is CN=C(NCCNC(=O)C1CC1)N1CCC(C)C(n2ccnc2)C1. The molecule has 0 bridgehead atoms. The van der Waals surface area contributed by atoms with E-state index in [1.54, 1.807) is 0 Å². The summed E-state index contributed by atoms with van der Waals surface area (Å²) in [7, 11) is 1.81. The molecule has 1 aliphatic heterocycles. The Morgan fingerprint density at radius 3 is 2.75 bits per heavy atom. The van der Waals surface area contributed by atoms with Crippen molar-refractivity contribution in [2.75, 3.05) is 33.2 Å². The van der Waals surface area contributed by atoms with E-state index in [0.29, 0.717) is 25.0 Å². The monoisotopic (exact) mass is 332 g/mol. The Labute approximate surface area is 143 Å². The smallest absolute Gasteiger partial charge is 0.223 e. The fourth-order valence-electron chi connectivity index (χ4n) is 3.28. The second-order valence-electron chi connectivity index (χ2n) is 6.83. The van der Waals surface area contributed by atoms with Crippen LogP contribution in [-0.2, 0) is 4.79 Å². The number of hydrogen-bond donors (Lipinski definition) is 2. The number of carbonyl (C=O) groups is 1. The van der Waals surface area contributed by atoms with E-state index in [0.717, 1.165) is 38.3 Å². The van der Waals surface area contributed by atoms with Gasteiger partial charge in [-0.15, -0.1) is 0 Å². The number of hydrogen-bond acceptors (Lipinski definition) is 3. The zero-order valence-corrected chi connectivity index (χ0v) is 14.6. The molecular weight excluding hydrogens is 304 g/mol. The van der Waals surface area contributed by atoms with Gasteiger partial charge in [0.05, 0.1) is 12.4 Å². The molecule has 1 aliphatic carbocycles. The van der Waals surface area contributed by atoms with Crippen molar-refractivity contribution in [3.8, 4) is 0 Å². The first kappa shape index (κ1) is 16.8. The zero-order valence-electron chi connectivity index (χ0n) is 14.6. The van der Waals surface area contributed by atoms with Crippen LogP contribution in [0, 0.1) is 11.8 Å². The fraction of sp³-hybridized carbons (Fsp3) is 0.706. The number of aliphatic imine (C=N–C) groups is 1. The minimum absolute atomic E-state index is 0.193. The molecule has 1 aromatic rings. The first-order chi connectivity index (χ1) is 11.7. The van der Waals surface area contributed by atoms with Crippen LogP contribution in [0.2, 0.25) is 0 Å². The lowest BCUT2D eigenvalue weighted by Crippen LogP contribution is -2.50. The molecule has 7 heteroatoms. The minimum Gasteiger partial charge on any atom is -0.354 e. The van der Waals surface area contributed by atoms with Crippen LogP contribution < -0.4 is 10.6 Å². The molecular formula is C17H28N6O. The molecule has 1 amide bonds. The van der Waals surface area contributed by atoms with Gasteiger partial charge in [-0.3, -0.25) is 9.79 Å². The molecule has 1 aromatic heterocycles. The Bertz CT molecular complexity index is 566. The summed E-state index contributed by atoms with van der Waals surface area (Å²) >= 11 is 0. The molecule has 132 valence electrons. The van der Waals surface area contributed by atoms with Crippen LogP contribution >= 0.6 is 0 Å². The van der Waals surface area contributed by atoms with Crippen LogP contribution in [-0.4, -0.2) is 59.5 Å². The first-order valence-electron chi connectivity index (χ1n) is 8.89. The second kappa shape index (κ2) is 7.68. The van der Waals surface area contributed by atoms with E-state index >= 15 is 0 Å². The van der Waals surface area contributed by atoms with Crippen molar-refractivity contribution >= 4 is 11.9 Å². The zero-order chi connectivity index (χ0) is 16.9. The van der Waals surface area contributed by atoms with Gasteiger partial charge in [0.2, 0.25) is 5.91 Å². The maximum atomic E-state index is 11.6. The quantitative estimate of drug-likeness (QED) is 0.477. The number of amides is 1. The van der Waals surface area contributed by atoms with E-state index < -0.39 is 0 Å². The third kappa shape index (κ3) is 4.07. The van der Waals surface area contributed by atoms with Crippen molar-refractivity contribution in [2.45, 2.75) is 32.2 Å². The van der Waals surface area contributed by atoms with Gasteiger partial charge in [0.1, 0.15) is 0 Å². The fourth-order valence-corrected chi connectivity index (χ4v) is 3.28. The van der Waals surface area contributed by atoms with Gasteiger partial charge in [0, 0.05) is 51.5 Å². The molecule has 24 heavy (non-hydrogen) atoms. The lowest BCUT2D eigenvalue weighted by Gasteiger charge is -2.39. The molecule has 2 aliphatic rings. The van der Waals surface area contributed by atoms with E-state index in [1.807, 2.05) is 25.8 Å². The number of aromatic nitrogens is 2. The molecule has 2 heterocycles. The van der Waals surface area contributed by atoms with Crippen molar-refractivity contribution in [3.05, 3.63) is 18.7 Å². The van der Waals surface area contributed by atoms with Crippen molar-refractivity contribution < 1.29 is 4.79 Å². The lowest BCUT2D eigenvalue weighted by molar-refractivity contribution is -0.122. The standard InChI is InChI=1S/C17H28N6O/c1-13-5-9-22(11-15(13)23-10-8-19-12-23)17(18-2)21-7-6-20-16(24)14-3-4-14/h8,10,12-15H,3-7,9,11H2,1-2H3,(H,18,21)(H,20,24). The molecule has 1 saturated heterocycles. The number of nitrogens with one attached hydrogen (secondary N) is 2. The van der Waals surface area contributed by atoms with E-state index in [2.05, 4.69) is 37.0 Å². The Balaban J connectivity index is 1.48. The molecule has 7 nitrogen and oxygen atoms in total. The van der Waals surface area contributed by atoms with E-state index in [1.165, 1.54) is 0 Å². The van der Waals surface area contributed by atoms with Crippen LogP contribution in [0.4, 0.5) is 0 Å². The predicted molar refractivity (Wildman–Crippen MR) is 93.7 cm³/mol. The van der Waals surface area contributed by atoms with E-state index in [-0.39, 0.29) is 11.8 Å². The normalized spacial score (nSPS) is 24.8. The van der Waals surface area contributed by atoms with Gasteiger partial charge >= 0.3 is 0 Å². The molecule has 0 radical (unpaired) electrons. The maximum Gasteiger partial charge on any atom is 0.223 e. The Morgan fingerprint density at radius 2 is 2.08 bits per heavy atom. The van der Waals surface area contributed by atoms with Crippen molar-refractivity contribution in [1.29, 1.82) is 0 Å². The highest BCUT2D eigenvalue weighted by Crippen LogP contribution is 2.28. The minimum atomic E-state index is 0.193. The van der Waals surface area contributed by atoms with E-state index in [9.17, 15) is 4.79 Å². The van der Waals surface area contributed by atoms with Crippen LogP contribution in [0.1, 0.15) is 32.2 Å². The summed E-state index contributed by atoms with van der Waals surface area (Å²) in [6.07, 6.45) is 8.98. The number of carbonyl (C=O) groups excluding carboxylic acids is 1. The summed E-state index contributed by atoms with van der Waals surface area (Å²) in [6, 6.07) is 0.411. The molecule has 2 atom stereocenters. The lowest BCUT2D eigenvalue weighted by atomic mass is 9.93. The second-order valence-corrected chi connectivity index (χ2v) is 6.83. The predicted octanol–water partition coefficient (Wildman–Crippen LogP) is 0.868. The van der Waals surface area contributed by atoms with Gasteiger partial charge in [-0.05, 0) is 25.2 Å². The average molecular weight is 332 g/mol. The number of imidazole rings is 1. The maximum absolute atomic E-state index is 11.6. The molecule has 0 spiro atoms. The summed E-state index contributed by atoms with van der Waals surface area (Å²) in [6.45, 7) is 5.56. The topological polar surface area (TPSA) is 74.6 Å². The molecule has 2 unspecified atom stereocenters. The highest BCUT2D eigenvalue weighted by molar-refractivity contribution is 5.81. The van der Waals surface area contributed by atoms with Gasteiger partial charge in [-0.2, -0.15) is 0 Å². The largest absolute Gasteiger partial charge is 0.354 e. The summed E-state index contributed by atoms with van der Waals surface area (Å²) in [4.78, 5) is 22.5. The summed E-state index contributed by atoms with van der Waals surface area (Å²) in [5.74, 6) is 1.99. The molecule has 0 aromatic carbocycles. The average Bonchev–Trinajstić information content (AvgIpc) is 3.31. The number of nitrogens with zero attached hydrogens (tertiary/aromatic N) is 4. The van der Waals surface area contributed by atoms with Gasteiger partial charge in [0.25, 0.3) is 0 Å². The molecule has 2 fully saturated rings. The van der Waals surface area contributed by atoms with Crippen molar-refractivity contribution in [3.63, 3.8) is 0 Å². The van der Waals surface area contributed by atoms with Gasteiger partial charge in [0.15, 0.2) is 5.96 Å². The van der Waals surface area contributed by atoms with Crippen LogP contribution in [0.3, 0.4) is 0 Å². The highest BCUT2D eigenvalue weighted by Gasteiger charge is 2.30. The summed E-state index contributed by atoms with van der Waals surface area (Å²) < 4.78 is 2.19. The van der Waals surface area contributed by atoms with Crippen molar-refractivity contribution in [1.82, 2.24) is 25.1 Å². The van der Waals surface area contributed by atoms with E-state index in [4.69, 9.17) is 0 Å². The first-order valence-corrected chi connectivity index (χ1v) is 8.89. The molecule has 3 rings (SSSR count). The van der Waals surface area contributed by atoms with Gasteiger partial charge in [-0.1, -0.05) is 6.92 Å². The van der Waals surface area contributed by atoms with Gasteiger partial charge in [-0.25, -0.2) is 4.98 Å². The molecule has 2 N–H and O–H groups in total. The summed E-state index contributed by atoms with van der Waals surface area (Å²) in [5.41, 5.74) is 0. The van der Waals surface area contributed by atoms with Gasteiger partial charge < -0.3 is 20.1 Å². The van der Waals surface area contributed by atoms with Crippen molar-refractivity contribution in [2.24, 2.45) is 16.8 Å². The third-order valence-corrected chi connectivity index (χ3v) is 4.99. The Kier molecular flexibility index (Phi) is 5.37. The van der Waals surface area contributed by atoms with Crippen LogP contribution in [0.25, 0.3) is 0 Å². The third-order valence-electron chi connectivity index (χ3n) is 4.99. The van der Waals surface area contributed by atoms with Crippen LogP contribution in [0.5, 0.6) is 0 Å².